The van der Waals surface area contributed by atoms with E-state index in [9.17, 15) is 19.2 Å². The Morgan fingerprint density at radius 3 is 1.89 bits per heavy atom. The summed E-state index contributed by atoms with van der Waals surface area (Å²) < 4.78 is 0. The number of nitrogens with two attached hydrogens (primary N) is 1. The Kier molecular flexibility index (Phi) is 11.0. The van der Waals surface area contributed by atoms with Crippen LogP contribution in [0.5, 0.6) is 0 Å². The van der Waals surface area contributed by atoms with E-state index < -0.39 is 47.9 Å². The van der Waals surface area contributed by atoms with E-state index >= 15 is 0 Å². The molecular weight excluding hydrogens is 372 g/mol. The van der Waals surface area contributed by atoms with Gasteiger partial charge in [0.15, 0.2) is 0 Å². The smallest absolute Gasteiger partial charge is 0.326 e. The quantitative estimate of drug-likeness (QED) is 0.256. The van der Waals surface area contributed by atoms with Crippen molar-refractivity contribution in [1.29, 1.82) is 0 Å². The molecule has 0 bridgehead atoms. The molecule has 0 aromatic carbocycles. The molecule has 0 saturated carbocycles. The third-order valence-electron chi connectivity index (χ3n) is 3.86. The normalized spacial score (nSPS) is 15.6. The van der Waals surface area contributed by atoms with Gasteiger partial charge in [-0.25, -0.2) is 4.79 Å². The second kappa shape index (κ2) is 11.8. The Labute approximate surface area is 165 Å². The Morgan fingerprint density at radius 2 is 1.48 bits per heavy atom. The van der Waals surface area contributed by atoms with E-state index in [-0.39, 0.29) is 17.6 Å². The number of hydrogen-bond donors (Lipinski definition) is 6. The molecule has 0 aromatic rings. The van der Waals surface area contributed by atoms with E-state index in [1.807, 2.05) is 13.8 Å². The van der Waals surface area contributed by atoms with Crippen molar-refractivity contribution in [3.05, 3.63) is 0 Å². The lowest BCUT2D eigenvalue weighted by atomic mass is 10.0. The summed E-state index contributed by atoms with van der Waals surface area (Å²) in [6.07, 6.45) is 0.470. The first-order chi connectivity index (χ1) is 12.4. The number of carboxylic acids is 1. The molecule has 0 aromatic heterocycles. The number of nitrogens with one attached hydrogen (secondary N) is 3. The Bertz CT molecular complexity index is 541. The van der Waals surface area contributed by atoms with Crippen LogP contribution < -0.4 is 21.7 Å². The van der Waals surface area contributed by atoms with E-state index in [0.717, 1.165) is 0 Å². The lowest BCUT2D eigenvalue weighted by Gasteiger charge is -2.23. The zero-order valence-electron chi connectivity index (χ0n) is 16.5. The van der Waals surface area contributed by atoms with Crippen LogP contribution in [0.15, 0.2) is 0 Å². The molecule has 156 valence electrons. The molecule has 3 amide bonds. The molecule has 0 fully saturated rings. The number of aliphatic carboxylic acids is 1. The van der Waals surface area contributed by atoms with E-state index in [1.165, 1.54) is 6.92 Å². The molecule has 0 heterocycles. The number of carboxylic acid groups (broad SMARTS) is 1. The first-order valence-electron chi connectivity index (χ1n) is 8.91. The molecule has 0 aliphatic heterocycles. The molecule has 0 radical (unpaired) electrons. The molecule has 10 heteroatoms. The predicted octanol–water partition coefficient (Wildman–Crippen LogP) is -0.495. The summed E-state index contributed by atoms with van der Waals surface area (Å²) in [4.78, 5) is 47.7. The summed E-state index contributed by atoms with van der Waals surface area (Å²) in [6.45, 7) is 8.61. The van der Waals surface area contributed by atoms with Gasteiger partial charge in [0, 0.05) is 5.75 Å². The molecule has 4 atom stereocenters. The van der Waals surface area contributed by atoms with Gasteiger partial charge in [-0.15, -0.1) is 0 Å². The SMILES string of the molecule is CC(C)CC(N)C(=O)NC(CS)C(=O)NC(C)C(=O)NC(C(=O)O)C(C)C. The van der Waals surface area contributed by atoms with E-state index in [1.54, 1.807) is 13.8 Å². The molecule has 0 aliphatic rings. The van der Waals surface area contributed by atoms with Gasteiger partial charge in [-0.3, -0.25) is 14.4 Å². The number of carbonyl (C=O) groups excluding carboxylic acids is 3. The summed E-state index contributed by atoms with van der Waals surface area (Å²) in [6, 6.07) is -3.76. The van der Waals surface area contributed by atoms with E-state index in [2.05, 4.69) is 28.6 Å². The van der Waals surface area contributed by atoms with Crippen LogP contribution in [0.3, 0.4) is 0 Å². The van der Waals surface area contributed by atoms with Gasteiger partial charge in [-0.1, -0.05) is 27.7 Å². The van der Waals surface area contributed by atoms with Crippen molar-refractivity contribution in [2.45, 2.75) is 65.2 Å². The maximum absolute atomic E-state index is 12.3. The Balaban J connectivity index is 4.79. The molecule has 4 unspecified atom stereocenters. The fourth-order valence-corrected chi connectivity index (χ4v) is 2.52. The molecule has 27 heavy (non-hydrogen) atoms. The van der Waals surface area contributed by atoms with Crippen molar-refractivity contribution in [2.24, 2.45) is 17.6 Å². The van der Waals surface area contributed by atoms with Crippen molar-refractivity contribution in [3.8, 4) is 0 Å². The summed E-state index contributed by atoms with van der Waals surface area (Å²) in [5, 5.41) is 16.5. The highest BCUT2D eigenvalue weighted by molar-refractivity contribution is 7.80. The molecule has 0 saturated heterocycles. The van der Waals surface area contributed by atoms with Gasteiger partial charge in [0.1, 0.15) is 18.1 Å². The molecule has 0 spiro atoms. The van der Waals surface area contributed by atoms with Gasteiger partial charge in [-0.2, -0.15) is 12.6 Å². The number of thiol groups is 1. The van der Waals surface area contributed by atoms with Crippen molar-refractivity contribution in [1.82, 2.24) is 16.0 Å². The largest absolute Gasteiger partial charge is 0.480 e. The maximum Gasteiger partial charge on any atom is 0.326 e. The van der Waals surface area contributed by atoms with Crippen LogP contribution in [0.1, 0.15) is 41.0 Å². The number of rotatable bonds is 11. The topological polar surface area (TPSA) is 151 Å². The highest BCUT2D eigenvalue weighted by Gasteiger charge is 2.28. The summed E-state index contributed by atoms with van der Waals surface area (Å²) in [5.41, 5.74) is 5.79. The van der Waals surface area contributed by atoms with Gasteiger partial charge in [0.2, 0.25) is 17.7 Å². The lowest BCUT2D eigenvalue weighted by Crippen LogP contribution is -2.57. The molecule has 0 aliphatic carbocycles. The van der Waals surface area contributed by atoms with Crippen molar-refractivity contribution >= 4 is 36.3 Å². The number of carbonyl (C=O) groups is 4. The summed E-state index contributed by atoms with van der Waals surface area (Å²) >= 11 is 4.06. The van der Waals surface area contributed by atoms with Crippen LogP contribution in [0.4, 0.5) is 0 Å². The average Bonchev–Trinajstić information content (AvgIpc) is 2.55. The zero-order chi connectivity index (χ0) is 21.3. The standard InChI is InChI=1S/C17H32N4O5S/c1-8(2)6-11(18)15(23)20-12(7-27)16(24)19-10(5)14(22)21-13(9(3)4)17(25)26/h8-13,27H,6-7,18H2,1-5H3,(H,19,24)(H,20,23)(H,21,22)(H,25,26). The Morgan fingerprint density at radius 1 is 0.926 bits per heavy atom. The van der Waals surface area contributed by atoms with Gasteiger partial charge in [-0.05, 0) is 25.2 Å². The number of hydrogen-bond acceptors (Lipinski definition) is 6. The third kappa shape index (κ3) is 9.09. The van der Waals surface area contributed by atoms with Crippen LogP contribution in [-0.4, -0.2) is 58.7 Å². The van der Waals surface area contributed by atoms with Gasteiger partial charge < -0.3 is 26.8 Å². The monoisotopic (exact) mass is 404 g/mol. The molecular formula is C17H32N4O5S. The summed E-state index contributed by atoms with van der Waals surface area (Å²) in [5.74, 6) is -2.94. The van der Waals surface area contributed by atoms with Crippen LogP contribution in [0, 0.1) is 11.8 Å². The highest BCUT2D eigenvalue weighted by Crippen LogP contribution is 2.04. The van der Waals surface area contributed by atoms with E-state index in [4.69, 9.17) is 10.8 Å². The van der Waals surface area contributed by atoms with Crippen LogP contribution in [-0.2, 0) is 19.2 Å². The fraction of sp³-hybridized carbons (Fsp3) is 0.765. The van der Waals surface area contributed by atoms with Crippen LogP contribution >= 0.6 is 12.6 Å². The lowest BCUT2D eigenvalue weighted by molar-refractivity contribution is -0.143. The second-order valence-electron chi connectivity index (χ2n) is 7.28. The van der Waals surface area contributed by atoms with Crippen molar-refractivity contribution in [2.75, 3.05) is 5.75 Å². The fourth-order valence-electron chi connectivity index (χ4n) is 2.26. The van der Waals surface area contributed by atoms with E-state index in [0.29, 0.717) is 6.42 Å². The third-order valence-corrected chi connectivity index (χ3v) is 4.23. The second-order valence-corrected chi connectivity index (χ2v) is 7.64. The van der Waals surface area contributed by atoms with Crippen molar-refractivity contribution < 1.29 is 24.3 Å². The van der Waals surface area contributed by atoms with Crippen LogP contribution in [0.2, 0.25) is 0 Å². The minimum Gasteiger partial charge on any atom is -0.480 e. The van der Waals surface area contributed by atoms with Gasteiger partial charge >= 0.3 is 5.97 Å². The van der Waals surface area contributed by atoms with Crippen molar-refractivity contribution in [3.63, 3.8) is 0 Å². The minimum atomic E-state index is -1.16. The Hall–Kier alpha value is -1.81. The zero-order valence-corrected chi connectivity index (χ0v) is 17.4. The van der Waals surface area contributed by atoms with Gasteiger partial charge in [0.05, 0.1) is 6.04 Å². The first kappa shape index (κ1) is 25.2. The highest BCUT2D eigenvalue weighted by atomic mass is 32.1. The summed E-state index contributed by atoms with van der Waals surface area (Å²) in [7, 11) is 0. The molecule has 6 N–H and O–H groups in total. The van der Waals surface area contributed by atoms with Crippen LogP contribution in [0.25, 0.3) is 0 Å². The minimum absolute atomic E-state index is 0.0179. The maximum atomic E-state index is 12.3. The predicted molar refractivity (Wildman–Crippen MR) is 105 cm³/mol. The van der Waals surface area contributed by atoms with Gasteiger partial charge in [0.25, 0.3) is 0 Å². The first-order valence-corrected chi connectivity index (χ1v) is 9.54. The molecule has 9 nitrogen and oxygen atoms in total. The molecule has 0 rings (SSSR count). The average molecular weight is 405 g/mol. The number of amides is 3.